The highest BCUT2D eigenvalue weighted by Gasteiger charge is 2.36. The molecule has 0 fully saturated rings. The molecule has 1 amide bonds. The number of hydrogen-bond donors (Lipinski definition) is 1. The Hall–Kier alpha value is -4.13. The van der Waals surface area contributed by atoms with E-state index < -0.39 is 35.3 Å². The summed E-state index contributed by atoms with van der Waals surface area (Å²) in [5.41, 5.74) is -0.671. The van der Waals surface area contributed by atoms with Crippen LogP contribution in [0, 0.1) is 0 Å². The molecule has 1 heterocycles. The van der Waals surface area contributed by atoms with Gasteiger partial charge in [-0.3, -0.25) is 9.59 Å². The molecule has 0 aliphatic rings. The number of aromatic nitrogens is 1. The zero-order valence-corrected chi connectivity index (χ0v) is 18.0. The first-order chi connectivity index (χ1) is 16.3. The van der Waals surface area contributed by atoms with E-state index in [0.717, 1.165) is 11.6 Å². The molecule has 0 aliphatic carbocycles. The molecule has 1 N–H and O–H groups in total. The average Bonchev–Trinajstić information content (AvgIpc) is 2.85. The second-order valence-electron chi connectivity index (χ2n) is 7.71. The van der Waals surface area contributed by atoms with Crippen LogP contribution in [0.15, 0.2) is 102 Å². The van der Waals surface area contributed by atoms with E-state index in [9.17, 15) is 22.8 Å². The normalized spacial score (nSPS) is 11.3. The van der Waals surface area contributed by atoms with Crippen LogP contribution >= 0.6 is 0 Å². The molecule has 1 aromatic heterocycles. The maximum absolute atomic E-state index is 14.1. The first-order valence-corrected chi connectivity index (χ1v) is 10.6. The van der Waals surface area contributed by atoms with Crippen LogP contribution in [-0.2, 0) is 19.3 Å². The summed E-state index contributed by atoms with van der Waals surface area (Å²) in [5.74, 6) is -0.560. The third-order valence-electron chi connectivity index (χ3n) is 5.42. The molecule has 0 spiro atoms. The number of pyridine rings is 1. The number of nitrogens with zero attached hydrogens (tertiary/aromatic N) is 1. The quantitative estimate of drug-likeness (QED) is 0.411. The fourth-order valence-electron chi connectivity index (χ4n) is 3.74. The highest BCUT2D eigenvalue weighted by Crippen LogP contribution is 2.34. The Morgan fingerprint density at radius 1 is 0.824 bits per heavy atom. The Kier molecular flexibility index (Phi) is 6.63. The molecule has 3 aromatic carbocycles. The van der Waals surface area contributed by atoms with E-state index in [1.807, 2.05) is 6.07 Å². The van der Waals surface area contributed by atoms with E-state index in [1.165, 1.54) is 4.57 Å². The summed E-state index contributed by atoms with van der Waals surface area (Å²) in [7, 11) is 0. The number of benzene rings is 3. The molecular weight excluding hydrogens is 441 g/mol. The Labute approximate surface area is 194 Å². The van der Waals surface area contributed by atoms with Crippen LogP contribution in [0.5, 0.6) is 0 Å². The van der Waals surface area contributed by atoms with E-state index in [1.54, 1.807) is 84.9 Å². The van der Waals surface area contributed by atoms with Gasteiger partial charge in [0, 0.05) is 17.7 Å². The van der Waals surface area contributed by atoms with Gasteiger partial charge < -0.3 is 9.88 Å². The summed E-state index contributed by atoms with van der Waals surface area (Å²) in [5, 5.41) is 2.47. The molecule has 172 valence electrons. The molecule has 4 nitrogen and oxygen atoms in total. The van der Waals surface area contributed by atoms with Crippen LogP contribution in [0.2, 0.25) is 0 Å². The lowest BCUT2D eigenvalue weighted by atomic mass is 10.0. The van der Waals surface area contributed by atoms with Crippen molar-refractivity contribution in [1.29, 1.82) is 0 Å². The van der Waals surface area contributed by atoms with Crippen molar-refractivity contribution in [3.05, 3.63) is 130 Å². The average molecular weight is 462 g/mol. The topological polar surface area (TPSA) is 51.1 Å². The smallest absolute Gasteiger partial charge is 0.348 e. The van der Waals surface area contributed by atoms with Crippen molar-refractivity contribution < 1.29 is 18.0 Å². The highest BCUT2D eigenvalue weighted by molar-refractivity contribution is 5.94. The molecule has 0 saturated carbocycles. The zero-order chi connectivity index (χ0) is 24.1. The van der Waals surface area contributed by atoms with Crippen molar-refractivity contribution in [3.8, 4) is 11.3 Å². The molecule has 7 heteroatoms. The van der Waals surface area contributed by atoms with E-state index in [0.29, 0.717) is 11.1 Å². The molecule has 0 radical (unpaired) electrons. The van der Waals surface area contributed by atoms with Crippen LogP contribution in [0.4, 0.5) is 13.2 Å². The van der Waals surface area contributed by atoms with Crippen molar-refractivity contribution >= 4 is 5.91 Å². The number of alkyl halides is 3. The Morgan fingerprint density at radius 3 is 1.97 bits per heavy atom. The Morgan fingerprint density at radius 2 is 1.38 bits per heavy atom. The lowest BCUT2D eigenvalue weighted by molar-refractivity contribution is -0.138. The molecule has 4 aromatic rings. The number of halogens is 3. The summed E-state index contributed by atoms with van der Waals surface area (Å²) >= 11 is 0. The fraction of sp³-hybridized carbons (Fsp3) is 0.111. The summed E-state index contributed by atoms with van der Waals surface area (Å²) in [6.45, 7) is -0.465. The lowest BCUT2D eigenvalue weighted by Crippen LogP contribution is -2.34. The lowest BCUT2D eigenvalue weighted by Gasteiger charge is -2.20. The van der Waals surface area contributed by atoms with Gasteiger partial charge in [0.05, 0.1) is 17.8 Å². The van der Waals surface area contributed by atoms with E-state index in [4.69, 9.17) is 0 Å². The second kappa shape index (κ2) is 9.79. The van der Waals surface area contributed by atoms with E-state index in [2.05, 4.69) is 5.32 Å². The molecule has 4 rings (SSSR count). The Balaban J connectivity index is 1.83. The molecule has 34 heavy (non-hydrogen) atoms. The number of hydrogen-bond acceptors (Lipinski definition) is 2. The van der Waals surface area contributed by atoms with Crippen molar-refractivity contribution in [1.82, 2.24) is 9.88 Å². The van der Waals surface area contributed by atoms with E-state index >= 15 is 0 Å². The third kappa shape index (κ3) is 5.09. The van der Waals surface area contributed by atoms with E-state index in [-0.39, 0.29) is 12.2 Å². The first-order valence-electron chi connectivity index (χ1n) is 10.6. The van der Waals surface area contributed by atoms with Crippen LogP contribution in [0.3, 0.4) is 0 Å². The molecule has 0 saturated heterocycles. The summed E-state index contributed by atoms with van der Waals surface area (Å²) in [6.07, 6.45) is -4.78. The number of carbonyl (C=O) groups excluding carboxylic acids is 1. The fourth-order valence-corrected chi connectivity index (χ4v) is 3.74. The van der Waals surface area contributed by atoms with Gasteiger partial charge in [-0.05, 0) is 29.3 Å². The predicted octanol–water partition coefficient (Wildman–Crippen LogP) is 5.51. The van der Waals surface area contributed by atoms with Crippen molar-refractivity contribution in [2.75, 3.05) is 0 Å². The van der Waals surface area contributed by atoms with Gasteiger partial charge in [0.25, 0.3) is 11.5 Å². The number of nitrogens with one attached hydrogen (secondary N) is 1. The van der Waals surface area contributed by atoms with Crippen molar-refractivity contribution in [2.45, 2.75) is 19.3 Å². The number of rotatable bonds is 6. The van der Waals surface area contributed by atoms with Gasteiger partial charge in [-0.25, -0.2) is 0 Å². The summed E-state index contributed by atoms with van der Waals surface area (Å²) < 4.78 is 43.5. The van der Waals surface area contributed by atoms with Crippen molar-refractivity contribution in [2.24, 2.45) is 0 Å². The van der Waals surface area contributed by atoms with Crippen LogP contribution in [-0.4, -0.2) is 10.5 Å². The molecule has 0 aliphatic heterocycles. The summed E-state index contributed by atoms with van der Waals surface area (Å²) in [4.78, 5) is 25.9. The monoisotopic (exact) mass is 462 g/mol. The van der Waals surface area contributed by atoms with Crippen LogP contribution < -0.4 is 10.9 Å². The zero-order valence-electron chi connectivity index (χ0n) is 18.0. The minimum Gasteiger partial charge on any atom is -0.348 e. The number of amides is 1. The van der Waals surface area contributed by atoms with Gasteiger partial charge in [0.2, 0.25) is 0 Å². The van der Waals surface area contributed by atoms with Gasteiger partial charge >= 0.3 is 6.18 Å². The summed E-state index contributed by atoms with van der Waals surface area (Å²) in [6, 6.07) is 26.6. The predicted molar refractivity (Wildman–Crippen MR) is 124 cm³/mol. The molecule has 0 bridgehead atoms. The largest absolute Gasteiger partial charge is 0.417 e. The SMILES string of the molecule is O=C(NCc1c(C(F)(F)F)cc(-c2ccccc2)n(Cc2ccccc2)c1=O)c1ccccc1. The molecule has 0 atom stereocenters. The van der Waals surface area contributed by atoms with Gasteiger partial charge in [-0.2, -0.15) is 13.2 Å². The maximum atomic E-state index is 14.1. The van der Waals surface area contributed by atoms with Gasteiger partial charge in [0.15, 0.2) is 0 Å². The third-order valence-corrected chi connectivity index (χ3v) is 5.42. The van der Waals surface area contributed by atoms with Gasteiger partial charge in [-0.15, -0.1) is 0 Å². The second-order valence-corrected chi connectivity index (χ2v) is 7.71. The Bertz CT molecular complexity index is 1330. The minimum atomic E-state index is -4.78. The molecular formula is C27H21F3N2O2. The first kappa shape index (κ1) is 23.0. The van der Waals surface area contributed by atoms with Crippen LogP contribution in [0.1, 0.15) is 27.0 Å². The van der Waals surface area contributed by atoms with Crippen LogP contribution in [0.25, 0.3) is 11.3 Å². The minimum absolute atomic E-state index is 0.0850. The standard InChI is InChI=1S/C27H21F3N2O2/c28-27(29,30)23-16-24(20-12-6-2-7-13-20)32(18-19-10-4-1-5-11-19)26(34)22(23)17-31-25(33)21-14-8-3-9-15-21/h1-16H,17-18H2,(H,31,33). The highest BCUT2D eigenvalue weighted by atomic mass is 19.4. The van der Waals surface area contributed by atoms with Crippen molar-refractivity contribution in [3.63, 3.8) is 0 Å². The maximum Gasteiger partial charge on any atom is 0.417 e. The van der Waals surface area contributed by atoms with Gasteiger partial charge in [-0.1, -0.05) is 78.9 Å². The molecule has 0 unspecified atom stereocenters. The number of carbonyl (C=O) groups is 1. The van der Waals surface area contributed by atoms with Gasteiger partial charge in [0.1, 0.15) is 0 Å².